The number of anilines is 1. The Morgan fingerprint density at radius 2 is 1.73 bits per heavy atom. The van der Waals surface area contributed by atoms with Crippen LogP contribution in [-0.4, -0.2) is 39.6 Å². The Morgan fingerprint density at radius 1 is 1.03 bits per heavy atom. The van der Waals surface area contributed by atoms with Crippen molar-refractivity contribution in [3.8, 4) is 5.75 Å². The number of aromatic nitrogens is 1. The summed E-state index contributed by atoms with van der Waals surface area (Å²) in [5, 5.41) is 0.833. The molecule has 0 saturated heterocycles. The minimum absolute atomic E-state index is 0.0309. The zero-order chi connectivity index (χ0) is 26.2. The fourth-order valence-corrected chi connectivity index (χ4v) is 6.19. The van der Waals surface area contributed by atoms with E-state index in [1.807, 2.05) is 55.5 Å². The fraction of sp³-hybridized carbons (Fsp3) is 0.207. The Morgan fingerprint density at radius 3 is 2.41 bits per heavy atom. The lowest BCUT2D eigenvalue weighted by atomic mass is 9.84. The van der Waals surface area contributed by atoms with Gasteiger partial charge in [-0.05, 0) is 49.7 Å². The molecule has 2 heterocycles. The quantitative estimate of drug-likeness (QED) is 0.351. The molecule has 0 aliphatic carbocycles. The van der Waals surface area contributed by atoms with E-state index in [1.165, 1.54) is 4.31 Å². The summed E-state index contributed by atoms with van der Waals surface area (Å²) in [6.07, 6.45) is 1.67. The number of aryl methyl sites for hydroxylation is 1. The minimum Gasteiger partial charge on any atom is -0.497 e. The summed E-state index contributed by atoms with van der Waals surface area (Å²) in [5.41, 5.74) is 3.65. The minimum atomic E-state index is -3.96. The maximum Gasteiger partial charge on any atom is 0.334 e. The van der Waals surface area contributed by atoms with E-state index in [1.54, 1.807) is 44.4 Å². The van der Waals surface area contributed by atoms with Gasteiger partial charge in [-0.25, -0.2) is 17.5 Å². The van der Waals surface area contributed by atoms with Crippen molar-refractivity contribution in [1.29, 1.82) is 0 Å². The number of rotatable bonds is 6. The van der Waals surface area contributed by atoms with Crippen LogP contribution in [0.3, 0.4) is 0 Å². The number of carbonyl (C=O) groups is 1. The number of hydrogen-bond acceptors (Lipinski definition) is 5. The molecule has 8 heteroatoms. The summed E-state index contributed by atoms with van der Waals surface area (Å²) >= 11 is 0. The lowest BCUT2D eigenvalue weighted by molar-refractivity contribution is -0.138. The highest BCUT2D eigenvalue weighted by Crippen LogP contribution is 2.45. The SMILES string of the molecule is CCOC(=O)C1=CCN(S(=O)(=O)c2ccc(C)cc2)c2[nH]c3ccccc3c2C1c1ccc(OC)cc1. The Kier molecular flexibility index (Phi) is 6.52. The molecule has 5 rings (SSSR count). The van der Waals surface area contributed by atoms with E-state index < -0.39 is 21.9 Å². The third-order valence-electron chi connectivity index (χ3n) is 6.62. The second-order valence-corrected chi connectivity index (χ2v) is 10.7. The number of benzene rings is 3. The molecule has 0 saturated carbocycles. The number of methoxy groups -OCH3 is 1. The summed E-state index contributed by atoms with van der Waals surface area (Å²) in [6, 6.07) is 21.8. The maximum atomic E-state index is 14.0. The second kappa shape index (κ2) is 9.78. The molecule has 37 heavy (non-hydrogen) atoms. The molecule has 1 unspecified atom stereocenters. The first kappa shape index (κ1) is 24.6. The van der Waals surface area contributed by atoms with Crippen molar-refractivity contribution in [2.45, 2.75) is 24.7 Å². The van der Waals surface area contributed by atoms with Crippen LogP contribution in [-0.2, 0) is 19.6 Å². The van der Waals surface area contributed by atoms with Gasteiger partial charge in [-0.15, -0.1) is 0 Å². The molecule has 1 aromatic heterocycles. The first-order valence-electron chi connectivity index (χ1n) is 12.1. The van der Waals surface area contributed by atoms with Crippen molar-refractivity contribution >= 4 is 32.7 Å². The van der Waals surface area contributed by atoms with Gasteiger partial charge in [-0.1, -0.05) is 54.1 Å². The first-order chi connectivity index (χ1) is 17.8. The van der Waals surface area contributed by atoms with Crippen molar-refractivity contribution in [2.24, 2.45) is 0 Å². The van der Waals surface area contributed by atoms with E-state index in [2.05, 4.69) is 4.98 Å². The van der Waals surface area contributed by atoms with Gasteiger partial charge < -0.3 is 14.5 Å². The lowest BCUT2D eigenvalue weighted by Crippen LogP contribution is -2.31. The number of fused-ring (bicyclic) bond motifs is 3. The number of para-hydroxylation sites is 1. The van der Waals surface area contributed by atoms with Crippen molar-refractivity contribution in [2.75, 3.05) is 24.6 Å². The zero-order valence-corrected chi connectivity index (χ0v) is 21.7. The number of sulfonamides is 1. The van der Waals surface area contributed by atoms with Gasteiger partial charge >= 0.3 is 5.97 Å². The standard InChI is InChI=1S/C29H28N2O5S/c1-4-36-29(32)24-17-18-31(37(33,34)22-15-9-19(2)10-16-22)28-27(23-7-5-6-8-25(23)30-28)26(24)20-11-13-21(35-3)14-12-20/h5-17,26,30H,4,18H2,1-3H3. The van der Waals surface area contributed by atoms with Crippen LogP contribution in [0.4, 0.5) is 5.82 Å². The van der Waals surface area contributed by atoms with Gasteiger partial charge in [0.2, 0.25) is 0 Å². The number of hydrogen-bond donors (Lipinski definition) is 1. The molecule has 1 N–H and O–H groups in total. The molecule has 3 aromatic carbocycles. The van der Waals surface area contributed by atoms with Crippen LogP contribution in [0.5, 0.6) is 5.75 Å². The first-order valence-corrected chi connectivity index (χ1v) is 13.5. The van der Waals surface area contributed by atoms with Crippen molar-refractivity contribution in [3.63, 3.8) is 0 Å². The second-order valence-electron chi connectivity index (χ2n) is 8.87. The molecule has 0 bridgehead atoms. The van der Waals surface area contributed by atoms with Crippen LogP contribution in [0.2, 0.25) is 0 Å². The molecule has 0 radical (unpaired) electrons. The topological polar surface area (TPSA) is 88.7 Å². The van der Waals surface area contributed by atoms with Gasteiger partial charge in [0.15, 0.2) is 0 Å². The van der Waals surface area contributed by atoms with Gasteiger partial charge in [0, 0.05) is 28.0 Å². The van der Waals surface area contributed by atoms with Gasteiger partial charge in [-0.2, -0.15) is 0 Å². The van der Waals surface area contributed by atoms with Gasteiger partial charge in [0.1, 0.15) is 11.6 Å². The van der Waals surface area contributed by atoms with Crippen molar-refractivity contribution < 1.29 is 22.7 Å². The van der Waals surface area contributed by atoms with E-state index in [-0.39, 0.29) is 18.0 Å². The number of nitrogens with zero attached hydrogens (tertiary/aromatic N) is 1. The van der Waals surface area contributed by atoms with Gasteiger partial charge in [0.25, 0.3) is 10.0 Å². The van der Waals surface area contributed by atoms with Crippen LogP contribution in [0.15, 0.2) is 89.3 Å². The van der Waals surface area contributed by atoms with E-state index >= 15 is 0 Å². The molecule has 1 atom stereocenters. The summed E-state index contributed by atoms with van der Waals surface area (Å²) < 4.78 is 40.1. The van der Waals surface area contributed by atoms with Crippen molar-refractivity contribution in [1.82, 2.24) is 4.98 Å². The van der Waals surface area contributed by atoms with E-state index in [0.717, 1.165) is 22.0 Å². The number of carbonyl (C=O) groups excluding carboxylic acids is 1. The van der Waals surface area contributed by atoms with E-state index in [9.17, 15) is 13.2 Å². The monoisotopic (exact) mass is 516 g/mol. The molecule has 0 fully saturated rings. The van der Waals surface area contributed by atoms with Crippen LogP contribution < -0.4 is 9.04 Å². The third-order valence-corrected chi connectivity index (χ3v) is 8.40. The number of esters is 1. The third kappa shape index (κ3) is 4.38. The predicted octanol–water partition coefficient (Wildman–Crippen LogP) is 5.32. The lowest BCUT2D eigenvalue weighted by Gasteiger charge is -2.24. The maximum absolute atomic E-state index is 14.0. The highest BCUT2D eigenvalue weighted by molar-refractivity contribution is 7.92. The predicted molar refractivity (Wildman–Crippen MR) is 144 cm³/mol. The molecule has 1 aliphatic rings. The normalized spacial score (nSPS) is 15.6. The molecule has 4 aromatic rings. The average Bonchev–Trinajstić information content (AvgIpc) is 3.18. The zero-order valence-electron chi connectivity index (χ0n) is 20.9. The number of H-pyrrole nitrogens is 1. The smallest absolute Gasteiger partial charge is 0.334 e. The molecular formula is C29H28N2O5S. The molecule has 0 amide bonds. The highest BCUT2D eigenvalue weighted by Gasteiger charge is 2.38. The Hall–Kier alpha value is -4.04. The van der Waals surface area contributed by atoms with E-state index in [4.69, 9.17) is 9.47 Å². The number of ether oxygens (including phenoxy) is 2. The summed E-state index contributed by atoms with van der Waals surface area (Å²) in [7, 11) is -2.36. The number of aromatic amines is 1. The molecule has 0 spiro atoms. The summed E-state index contributed by atoms with van der Waals surface area (Å²) in [6.45, 7) is 3.84. The van der Waals surface area contributed by atoms with Gasteiger partial charge in [0.05, 0.1) is 25.2 Å². The van der Waals surface area contributed by atoms with Crippen LogP contribution in [0.1, 0.15) is 29.5 Å². The van der Waals surface area contributed by atoms with E-state index in [0.29, 0.717) is 22.7 Å². The average molecular weight is 517 g/mol. The summed E-state index contributed by atoms with van der Waals surface area (Å²) in [4.78, 5) is 16.8. The molecular weight excluding hydrogens is 488 g/mol. The van der Waals surface area contributed by atoms with Crippen LogP contribution in [0, 0.1) is 6.92 Å². The van der Waals surface area contributed by atoms with Crippen LogP contribution >= 0.6 is 0 Å². The fourth-order valence-electron chi connectivity index (χ4n) is 4.80. The largest absolute Gasteiger partial charge is 0.497 e. The summed E-state index contributed by atoms with van der Waals surface area (Å²) in [5.74, 6) is 0.0726. The number of nitrogens with one attached hydrogen (secondary N) is 1. The Labute approximate surface area is 216 Å². The highest BCUT2D eigenvalue weighted by atomic mass is 32.2. The Bertz CT molecular complexity index is 1590. The van der Waals surface area contributed by atoms with Crippen molar-refractivity contribution in [3.05, 3.63) is 101 Å². The molecule has 7 nitrogen and oxygen atoms in total. The van der Waals surface area contributed by atoms with Gasteiger partial charge in [-0.3, -0.25) is 0 Å². The Balaban J connectivity index is 1.79. The molecule has 190 valence electrons. The van der Waals surface area contributed by atoms with Crippen LogP contribution in [0.25, 0.3) is 10.9 Å². The molecule has 1 aliphatic heterocycles.